The van der Waals surface area contributed by atoms with Crippen LogP contribution in [0.5, 0.6) is 11.5 Å². The largest absolute Gasteiger partial charge is 0.573 e. The van der Waals surface area contributed by atoms with E-state index in [4.69, 9.17) is 4.74 Å². The average Bonchev–Trinajstić information content (AvgIpc) is 3.09. The molecule has 28 heavy (non-hydrogen) atoms. The lowest BCUT2D eigenvalue weighted by atomic mass is 10.2. The van der Waals surface area contributed by atoms with Crippen molar-refractivity contribution in [2.75, 3.05) is 31.1 Å². The first-order chi connectivity index (χ1) is 13.5. The van der Waals surface area contributed by atoms with E-state index >= 15 is 0 Å². The Morgan fingerprint density at radius 1 is 1.25 bits per heavy atom. The summed E-state index contributed by atoms with van der Waals surface area (Å²) in [4.78, 5) is 10.7. The van der Waals surface area contributed by atoms with E-state index in [2.05, 4.69) is 24.9 Å². The highest BCUT2D eigenvalue weighted by Crippen LogP contribution is 2.34. The third-order valence-corrected chi connectivity index (χ3v) is 5.31. The molecule has 1 unspecified atom stereocenters. The van der Waals surface area contributed by atoms with Gasteiger partial charge in [0.2, 0.25) is 0 Å². The topological polar surface area (TPSA) is 59.5 Å². The first-order valence-corrected chi connectivity index (χ1v) is 9.46. The standard InChI is InChI=1S/C18H17F3N4O2S/c19-18(20,21)27-13-3-4-15-16(8-13)28-17(24-15)25-7-6-23-9-12(25)11-26-14-2-1-5-22-10-14/h1-5,8,10,12,23H,6-7,9,11H2. The van der Waals surface area contributed by atoms with Gasteiger partial charge in [-0.05, 0) is 24.3 Å². The lowest BCUT2D eigenvalue weighted by molar-refractivity contribution is -0.274. The van der Waals surface area contributed by atoms with Crippen molar-refractivity contribution in [2.24, 2.45) is 0 Å². The van der Waals surface area contributed by atoms with Gasteiger partial charge < -0.3 is 19.7 Å². The zero-order chi connectivity index (χ0) is 19.6. The molecule has 1 aliphatic heterocycles. The van der Waals surface area contributed by atoms with Crippen LogP contribution in [0.1, 0.15) is 0 Å². The number of anilines is 1. The van der Waals surface area contributed by atoms with Crippen molar-refractivity contribution in [2.45, 2.75) is 12.4 Å². The van der Waals surface area contributed by atoms with E-state index in [1.807, 2.05) is 6.07 Å². The number of pyridine rings is 1. The lowest BCUT2D eigenvalue weighted by Gasteiger charge is -2.35. The summed E-state index contributed by atoms with van der Waals surface area (Å²) in [5.74, 6) is 0.443. The first-order valence-electron chi connectivity index (χ1n) is 8.64. The molecule has 1 atom stereocenters. The fourth-order valence-corrected chi connectivity index (χ4v) is 4.09. The maximum absolute atomic E-state index is 12.4. The molecule has 0 aliphatic carbocycles. The Balaban J connectivity index is 1.52. The summed E-state index contributed by atoms with van der Waals surface area (Å²) in [5, 5.41) is 4.08. The molecule has 1 aromatic carbocycles. The van der Waals surface area contributed by atoms with Gasteiger partial charge >= 0.3 is 6.36 Å². The monoisotopic (exact) mass is 410 g/mol. The van der Waals surface area contributed by atoms with Gasteiger partial charge in [-0.1, -0.05) is 11.3 Å². The van der Waals surface area contributed by atoms with Crippen LogP contribution in [0.3, 0.4) is 0 Å². The summed E-state index contributed by atoms with van der Waals surface area (Å²) in [6.07, 6.45) is -1.38. The minimum Gasteiger partial charge on any atom is -0.490 e. The highest BCUT2D eigenvalue weighted by molar-refractivity contribution is 7.22. The number of benzene rings is 1. The number of nitrogens with zero attached hydrogens (tertiary/aromatic N) is 3. The van der Waals surface area contributed by atoms with Gasteiger partial charge in [0.05, 0.1) is 22.5 Å². The molecule has 6 nitrogen and oxygen atoms in total. The van der Waals surface area contributed by atoms with Crippen molar-refractivity contribution in [3.63, 3.8) is 0 Å². The van der Waals surface area contributed by atoms with Crippen LogP contribution in [0.25, 0.3) is 10.2 Å². The molecule has 4 rings (SSSR count). The van der Waals surface area contributed by atoms with Gasteiger partial charge in [-0.3, -0.25) is 4.98 Å². The van der Waals surface area contributed by atoms with Gasteiger partial charge in [0.25, 0.3) is 0 Å². The van der Waals surface area contributed by atoms with E-state index in [1.165, 1.54) is 23.5 Å². The van der Waals surface area contributed by atoms with Crippen LogP contribution >= 0.6 is 11.3 Å². The second-order valence-electron chi connectivity index (χ2n) is 6.22. The van der Waals surface area contributed by atoms with E-state index < -0.39 is 6.36 Å². The van der Waals surface area contributed by atoms with Crippen LogP contribution in [0.2, 0.25) is 0 Å². The molecule has 1 N–H and O–H groups in total. The van der Waals surface area contributed by atoms with Crippen LogP contribution < -0.4 is 19.7 Å². The fourth-order valence-electron chi connectivity index (χ4n) is 3.00. The number of rotatable bonds is 5. The Bertz CT molecular complexity index is 935. The van der Waals surface area contributed by atoms with E-state index in [0.717, 1.165) is 24.8 Å². The van der Waals surface area contributed by atoms with Gasteiger partial charge in [0, 0.05) is 31.9 Å². The zero-order valence-electron chi connectivity index (χ0n) is 14.6. The maximum Gasteiger partial charge on any atom is 0.573 e. The zero-order valence-corrected chi connectivity index (χ0v) is 15.5. The average molecular weight is 410 g/mol. The number of alkyl halides is 3. The Labute approximate surface area is 162 Å². The van der Waals surface area contributed by atoms with E-state index in [-0.39, 0.29) is 11.8 Å². The van der Waals surface area contributed by atoms with Crippen LogP contribution in [0.4, 0.5) is 18.3 Å². The molecule has 10 heteroatoms. The SMILES string of the molecule is FC(F)(F)Oc1ccc2nc(N3CCNCC3COc3cccnc3)sc2c1. The molecule has 0 bridgehead atoms. The predicted octanol–water partition coefficient (Wildman–Crippen LogP) is 3.45. The lowest BCUT2D eigenvalue weighted by Crippen LogP contribution is -2.54. The minimum absolute atomic E-state index is 0.0420. The van der Waals surface area contributed by atoms with Crippen molar-refractivity contribution >= 4 is 26.7 Å². The molecule has 0 amide bonds. The third-order valence-electron chi connectivity index (χ3n) is 4.25. The molecule has 0 spiro atoms. The molecule has 1 fully saturated rings. The van der Waals surface area contributed by atoms with Crippen molar-refractivity contribution in [1.29, 1.82) is 0 Å². The summed E-state index contributed by atoms with van der Waals surface area (Å²) < 4.78 is 47.8. The minimum atomic E-state index is -4.71. The third kappa shape index (κ3) is 4.45. The van der Waals surface area contributed by atoms with Gasteiger partial charge in [-0.15, -0.1) is 13.2 Å². The van der Waals surface area contributed by atoms with Crippen molar-refractivity contribution in [1.82, 2.24) is 15.3 Å². The van der Waals surface area contributed by atoms with Crippen LogP contribution in [0.15, 0.2) is 42.7 Å². The summed E-state index contributed by atoms with van der Waals surface area (Å²) in [6.45, 7) is 2.68. The molecule has 148 valence electrons. The number of piperazine rings is 1. The molecule has 1 aliphatic rings. The first kappa shape index (κ1) is 18.8. The molecule has 0 saturated carbocycles. The summed E-state index contributed by atoms with van der Waals surface area (Å²) in [6, 6.07) is 7.88. The van der Waals surface area contributed by atoms with Gasteiger partial charge in [-0.2, -0.15) is 0 Å². The Kier molecular flexibility index (Phi) is 5.23. The number of nitrogens with one attached hydrogen (secondary N) is 1. The van der Waals surface area contributed by atoms with Crippen molar-refractivity contribution < 1.29 is 22.6 Å². The van der Waals surface area contributed by atoms with E-state index in [0.29, 0.717) is 22.6 Å². The summed E-state index contributed by atoms with van der Waals surface area (Å²) in [7, 11) is 0. The second kappa shape index (κ2) is 7.80. The molecular weight excluding hydrogens is 393 g/mol. The summed E-state index contributed by atoms with van der Waals surface area (Å²) >= 11 is 1.34. The highest BCUT2D eigenvalue weighted by atomic mass is 32.1. The number of halogens is 3. The van der Waals surface area contributed by atoms with Crippen molar-refractivity contribution in [3.05, 3.63) is 42.7 Å². The van der Waals surface area contributed by atoms with Crippen LogP contribution in [-0.4, -0.2) is 48.6 Å². The van der Waals surface area contributed by atoms with Crippen LogP contribution in [0, 0.1) is 0 Å². The number of hydrogen-bond acceptors (Lipinski definition) is 7. The number of aromatic nitrogens is 2. The Morgan fingerprint density at radius 2 is 2.14 bits per heavy atom. The Morgan fingerprint density at radius 3 is 2.93 bits per heavy atom. The molecule has 3 aromatic rings. The predicted molar refractivity (Wildman–Crippen MR) is 100 cm³/mol. The molecular formula is C18H17F3N4O2S. The van der Waals surface area contributed by atoms with E-state index in [9.17, 15) is 13.2 Å². The number of thiazole rings is 1. The normalized spacial score (nSPS) is 17.7. The van der Waals surface area contributed by atoms with Gasteiger partial charge in [0.1, 0.15) is 18.1 Å². The quantitative estimate of drug-likeness (QED) is 0.695. The van der Waals surface area contributed by atoms with Gasteiger partial charge in [-0.25, -0.2) is 4.98 Å². The number of ether oxygens (including phenoxy) is 2. The summed E-state index contributed by atoms with van der Waals surface area (Å²) in [5.41, 5.74) is 0.639. The smallest absolute Gasteiger partial charge is 0.490 e. The fraction of sp³-hybridized carbons (Fsp3) is 0.333. The Hall–Kier alpha value is -2.59. The highest BCUT2D eigenvalue weighted by Gasteiger charge is 2.31. The van der Waals surface area contributed by atoms with Crippen LogP contribution in [-0.2, 0) is 0 Å². The number of fused-ring (bicyclic) bond motifs is 1. The molecule has 0 radical (unpaired) electrons. The second-order valence-corrected chi connectivity index (χ2v) is 7.23. The molecule has 2 aromatic heterocycles. The maximum atomic E-state index is 12.4. The number of hydrogen-bond donors (Lipinski definition) is 1. The molecule has 1 saturated heterocycles. The van der Waals surface area contributed by atoms with Gasteiger partial charge in [0.15, 0.2) is 5.13 Å². The van der Waals surface area contributed by atoms with Crippen molar-refractivity contribution in [3.8, 4) is 11.5 Å². The van der Waals surface area contributed by atoms with E-state index in [1.54, 1.807) is 24.5 Å². The molecule has 3 heterocycles.